The molecule has 0 aromatic heterocycles. The zero-order valence-electron chi connectivity index (χ0n) is 16.3. The lowest BCUT2D eigenvalue weighted by Crippen LogP contribution is -2.55. The number of halogens is 1. The van der Waals surface area contributed by atoms with E-state index >= 15 is 0 Å². The van der Waals surface area contributed by atoms with Crippen LogP contribution in [-0.2, 0) is 27.4 Å². The average Bonchev–Trinajstić information content (AvgIpc) is 2.74. The van der Waals surface area contributed by atoms with Crippen LogP contribution in [0.5, 0.6) is 11.5 Å². The van der Waals surface area contributed by atoms with Crippen molar-refractivity contribution in [1.82, 2.24) is 10.2 Å². The van der Waals surface area contributed by atoms with Crippen molar-refractivity contribution in [2.75, 3.05) is 27.4 Å². The van der Waals surface area contributed by atoms with Crippen LogP contribution >= 0.6 is 0 Å². The van der Waals surface area contributed by atoms with E-state index in [1.165, 1.54) is 18.1 Å². The van der Waals surface area contributed by atoms with E-state index in [0.29, 0.717) is 17.1 Å². The van der Waals surface area contributed by atoms with Crippen LogP contribution in [0.2, 0.25) is 0 Å². The third-order valence-corrected chi connectivity index (χ3v) is 4.75. The largest absolute Gasteiger partial charge is 0.497 e. The Labute approximate surface area is 168 Å². The molecule has 1 aliphatic heterocycles. The van der Waals surface area contributed by atoms with Gasteiger partial charge in [-0.3, -0.25) is 9.59 Å². The molecule has 0 spiro atoms. The van der Waals surface area contributed by atoms with Gasteiger partial charge in [-0.2, -0.15) is 0 Å². The van der Waals surface area contributed by atoms with Gasteiger partial charge in [0.1, 0.15) is 30.0 Å². The van der Waals surface area contributed by atoms with Gasteiger partial charge in [0.25, 0.3) is 0 Å². The SMILES string of the molecule is COc1ccc(CN2C(=O)COC[C@H]2C(=O)NCc2ccccc2F)c(OC)c1. The molecule has 2 aromatic rings. The summed E-state index contributed by atoms with van der Waals surface area (Å²) in [6, 6.07) is 10.6. The van der Waals surface area contributed by atoms with Gasteiger partial charge in [0.05, 0.1) is 27.4 Å². The molecule has 1 N–H and O–H groups in total. The summed E-state index contributed by atoms with van der Waals surface area (Å²) in [4.78, 5) is 26.6. The minimum atomic E-state index is -0.824. The Kier molecular flexibility index (Phi) is 6.66. The molecule has 0 radical (unpaired) electrons. The van der Waals surface area contributed by atoms with E-state index in [2.05, 4.69) is 5.32 Å². The van der Waals surface area contributed by atoms with E-state index in [-0.39, 0.29) is 32.2 Å². The summed E-state index contributed by atoms with van der Waals surface area (Å²) in [6.07, 6.45) is 0. The Morgan fingerprint density at radius 2 is 2.00 bits per heavy atom. The van der Waals surface area contributed by atoms with Gasteiger partial charge in [0.2, 0.25) is 11.8 Å². The number of nitrogens with zero attached hydrogens (tertiary/aromatic N) is 1. The summed E-state index contributed by atoms with van der Waals surface area (Å²) in [6.45, 7) is 0.159. The normalized spacial score (nSPS) is 16.4. The molecule has 1 aliphatic rings. The van der Waals surface area contributed by atoms with Gasteiger partial charge in [-0.15, -0.1) is 0 Å². The maximum atomic E-state index is 13.8. The van der Waals surface area contributed by atoms with Crippen LogP contribution in [-0.4, -0.2) is 50.2 Å². The highest BCUT2D eigenvalue weighted by Crippen LogP contribution is 2.27. The van der Waals surface area contributed by atoms with Crippen LogP contribution in [0.1, 0.15) is 11.1 Å². The highest BCUT2D eigenvalue weighted by atomic mass is 19.1. The molecule has 29 heavy (non-hydrogen) atoms. The maximum absolute atomic E-state index is 13.8. The van der Waals surface area contributed by atoms with E-state index < -0.39 is 17.8 Å². The van der Waals surface area contributed by atoms with Gasteiger partial charge in [-0.25, -0.2) is 4.39 Å². The Balaban J connectivity index is 1.74. The Hall–Kier alpha value is -3.13. The van der Waals surface area contributed by atoms with Gasteiger partial charge in [-0.05, 0) is 18.2 Å². The van der Waals surface area contributed by atoms with E-state index in [4.69, 9.17) is 14.2 Å². The van der Waals surface area contributed by atoms with Crippen molar-refractivity contribution in [3.63, 3.8) is 0 Å². The van der Waals surface area contributed by atoms with Crippen molar-refractivity contribution in [3.8, 4) is 11.5 Å². The molecular weight excluding hydrogens is 379 g/mol. The number of ether oxygens (including phenoxy) is 3. The number of morpholine rings is 1. The van der Waals surface area contributed by atoms with Gasteiger partial charge < -0.3 is 24.4 Å². The predicted molar refractivity (Wildman–Crippen MR) is 103 cm³/mol. The van der Waals surface area contributed by atoms with Gasteiger partial charge in [0.15, 0.2) is 0 Å². The molecular formula is C21H23FN2O5. The second-order valence-electron chi connectivity index (χ2n) is 6.54. The Morgan fingerprint density at radius 1 is 1.21 bits per heavy atom. The van der Waals surface area contributed by atoms with E-state index in [1.807, 2.05) is 0 Å². The molecule has 0 unspecified atom stereocenters. The molecule has 1 fully saturated rings. The molecule has 154 valence electrons. The zero-order chi connectivity index (χ0) is 20.8. The fourth-order valence-electron chi connectivity index (χ4n) is 3.13. The lowest BCUT2D eigenvalue weighted by atomic mass is 10.1. The van der Waals surface area contributed by atoms with Gasteiger partial charge in [0, 0.05) is 23.7 Å². The van der Waals surface area contributed by atoms with E-state index in [9.17, 15) is 14.0 Å². The third-order valence-electron chi connectivity index (χ3n) is 4.75. The van der Waals surface area contributed by atoms with Crippen LogP contribution in [0, 0.1) is 5.82 Å². The minimum Gasteiger partial charge on any atom is -0.497 e. The van der Waals surface area contributed by atoms with Crippen molar-refractivity contribution in [2.24, 2.45) is 0 Å². The van der Waals surface area contributed by atoms with Crippen LogP contribution in [0.3, 0.4) is 0 Å². The van der Waals surface area contributed by atoms with E-state index in [1.54, 1.807) is 43.5 Å². The standard InChI is InChI=1S/C21H23FN2O5/c1-27-16-8-7-15(19(9-16)28-2)11-24-18(12-29-13-20(24)25)21(26)23-10-14-5-3-4-6-17(14)22/h3-9,18H,10-13H2,1-2H3,(H,23,26)/t18-/m0/s1. The molecule has 2 amide bonds. The van der Waals surface area contributed by atoms with Crippen molar-refractivity contribution in [3.05, 3.63) is 59.4 Å². The molecule has 8 heteroatoms. The maximum Gasteiger partial charge on any atom is 0.249 e. The first kappa shape index (κ1) is 20.6. The highest BCUT2D eigenvalue weighted by Gasteiger charge is 2.34. The van der Waals surface area contributed by atoms with Crippen molar-refractivity contribution >= 4 is 11.8 Å². The summed E-state index contributed by atoms with van der Waals surface area (Å²) in [5, 5.41) is 2.69. The summed E-state index contributed by atoms with van der Waals surface area (Å²) in [5.74, 6) is 0.0600. The third kappa shape index (κ3) is 4.83. The van der Waals surface area contributed by atoms with Crippen LogP contribution < -0.4 is 14.8 Å². The smallest absolute Gasteiger partial charge is 0.249 e. The summed E-state index contributed by atoms with van der Waals surface area (Å²) in [5.41, 5.74) is 1.10. The lowest BCUT2D eigenvalue weighted by Gasteiger charge is -2.34. The fourth-order valence-corrected chi connectivity index (χ4v) is 3.13. The lowest BCUT2D eigenvalue weighted by molar-refractivity contribution is -0.155. The van der Waals surface area contributed by atoms with Crippen molar-refractivity contribution in [1.29, 1.82) is 0 Å². The number of nitrogens with one attached hydrogen (secondary N) is 1. The quantitative estimate of drug-likeness (QED) is 0.765. The molecule has 7 nitrogen and oxygen atoms in total. The first-order chi connectivity index (χ1) is 14.0. The first-order valence-corrected chi connectivity index (χ1v) is 9.12. The van der Waals surface area contributed by atoms with Crippen LogP contribution in [0.15, 0.2) is 42.5 Å². The number of carbonyl (C=O) groups excluding carboxylic acids is 2. The average molecular weight is 402 g/mol. The fraction of sp³-hybridized carbons (Fsp3) is 0.333. The number of carbonyl (C=O) groups is 2. The molecule has 1 heterocycles. The predicted octanol–water partition coefficient (Wildman–Crippen LogP) is 1.89. The highest BCUT2D eigenvalue weighted by molar-refractivity contribution is 5.89. The summed E-state index contributed by atoms with van der Waals surface area (Å²) < 4.78 is 29.6. The second kappa shape index (κ2) is 9.38. The minimum absolute atomic E-state index is 0.0237. The van der Waals surface area contributed by atoms with E-state index in [0.717, 1.165) is 5.56 Å². The monoisotopic (exact) mass is 402 g/mol. The number of rotatable bonds is 7. The molecule has 0 bridgehead atoms. The second-order valence-corrected chi connectivity index (χ2v) is 6.54. The summed E-state index contributed by atoms with van der Waals surface area (Å²) >= 11 is 0. The van der Waals surface area contributed by atoms with Gasteiger partial charge in [-0.1, -0.05) is 18.2 Å². The Morgan fingerprint density at radius 3 is 2.72 bits per heavy atom. The Bertz CT molecular complexity index is 889. The molecule has 3 rings (SSSR count). The molecule has 1 atom stereocenters. The molecule has 2 aromatic carbocycles. The van der Waals surface area contributed by atoms with Crippen molar-refractivity contribution < 1.29 is 28.2 Å². The number of amides is 2. The number of benzene rings is 2. The number of hydrogen-bond donors (Lipinski definition) is 1. The first-order valence-electron chi connectivity index (χ1n) is 9.12. The number of methoxy groups -OCH3 is 2. The topological polar surface area (TPSA) is 77.1 Å². The number of hydrogen-bond acceptors (Lipinski definition) is 5. The summed E-state index contributed by atoms with van der Waals surface area (Å²) in [7, 11) is 3.08. The van der Waals surface area contributed by atoms with Crippen molar-refractivity contribution in [2.45, 2.75) is 19.1 Å². The zero-order valence-corrected chi connectivity index (χ0v) is 16.3. The molecule has 0 aliphatic carbocycles. The van der Waals surface area contributed by atoms with Gasteiger partial charge >= 0.3 is 0 Å². The molecule has 1 saturated heterocycles. The van der Waals surface area contributed by atoms with Crippen LogP contribution in [0.4, 0.5) is 4.39 Å². The molecule has 0 saturated carbocycles. The van der Waals surface area contributed by atoms with Crippen LogP contribution in [0.25, 0.3) is 0 Å².